The van der Waals surface area contributed by atoms with Gasteiger partial charge in [0.15, 0.2) is 5.65 Å². The van der Waals surface area contributed by atoms with Crippen molar-refractivity contribution in [3.8, 4) is 0 Å². The number of fused-ring (bicyclic) bond motifs is 1. The van der Waals surface area contributed by atoms with E-state index in [0.717, 1.165) is 93.4 Å². The van der Waals surface area contributed by atoms with Crippen molar-refractivity contribution in [2.24, 2.45) is 0 Å². The van der Waals surface area contributed by atoms with Crippen molar-refractivity contribution in [2.75, 3.05) is 66.2 Å². The van der Waals surface area contributed by atoms with Crippen LogP contribution in [0.25, 0.3) is 11.2 Å². The molecule has 3 N–H and O–H groups in total. The maximum Gasteiger partial charge on any atom is 0.328 e. The predicted octanol–water partition coefficient (Wildman–Crippen LogP) is 6.80. The molecule has 0 bridgehead atoms. The van der Waals surface area contributed by atoms with Gasteiger partial charge in [-0.2, -0.15) is 4.98 Å². The van der Waals surface area contributed by atoms with Crippen LogP contribution >= 0.6 is 0 Å². The fraction of sp³-hybridized carbons (Fsp3) is 0.405. The predicted molar refractivity (Wildman–Crippen MR) is 216 cm³/mol. The van der Waals surface area contributed by atoms with E-state index in [9.17, 15) is 9.59 Å². The number of nitrogens with one attached hydrogen (secondary N) is 3. The Kier molecular flexibility index (Phi) is 10.2. The van der Waals surface area contributed by atoms with Crippen LogP contribution in [-0.2, 0) is 11.3 Å². The number of piperazine rings is 1. The SMILES string of the molecule is O=C1CCN(c2ccc(CN3CCN(C4CCN(c5ccc(Nc6ncc7nc(Nc8ccccc8)n(C8CCCC8)c7n6)cc5)CC4)CC3)c(F)c2)C(=O)N1. The second kappa shape index (κ2) is 15.9. The van der Waals surface area contributed by atoms with Crippen LogP contribution in [0.5, 0.6) is 0 Å². The molecule has 3 aromatic carbocycles. The maximum atomic E-state index is 15.1. The summed E-state index contributed by atoms with van der Waals surface area (Å²) in [6.45, 7) is 6.50. The quantitative estimate of drug-likeness (QED) is 0.140. The number of benzene rings is 3. The summed E-state index contributed by atoms with van der Waals surface area (Å²) in [6, 6.07) is 24.1. The minimum absolute atomic E-state index is 0.211. The molecule has 3 aliphatic heterocycles. The molecule has 4 aliphatic rings. The third-order valence-corrected chi connectivity index (χ3v) is 11.8. The molecular formula is C42H48FN11O2. The van der Waals surface area contributed by atoms with E-state index >= 15 is 4.39 Å². The van der Waals surface area contributed by atoms with Crippen molar-refractivity contribution in [3.63, 3.8) is 0 Å². The second-order valence-corrected chi connectivity index (χ2v) is 15.4. The average Bonchev–Trinajstić information content (AvgIpc) is 3.88. The fourth-order valence-electron chi connectivity index (χ4n) is 8.74. The molecule has 4 fully saturated rings. The lowest BCUT2D eigenvalue weighted by Crippen LogP contribution is -2.53. The zero-order valence-electron chi connectivity index (χ0n) is 31.5. The Balaban J connectivity index is 0.768. The third kappa shape index (κ3) is 7.76. The molecule has 5 heterocycles. The van der Waals surface area contributed by atoms with Gasteiger partial charge in [-0.15, -0.1) is 0 Å². The highest BCUT2D eigenvalue weighted by atomic mass is 19.1. The number of imidazole rings is 1. The number of nitrogens with zero attached hydrogens (tertiary/aromatic N) is 8. The zero-order valence-corrected chi connectivity index (χ0v) is 31.5. The van der Waals surface area contributed by atoms with E-state index in [1.54, 1.807) is 12.1 Å². The van der Waals surface area contributed by atoms with E-state index in [1.165, 1.54) is 29.5 Å². The van der Waals surface area contributed by atoms with Crippen LogP contribution in [0.3, 0.4) is 0 Å². The van der Waals surface area contributed by atoms with Crippen LogP contribution < -0.4 is 25.8 Å². The van der Waals surface area contributed by atoms with Crippen LogP contribution in [0.15, 0.2) is 79.0 Å². The lowest BCUT2D eigenvalue weighted by molar-refractivity contribution is -0.120. The Morgan fingerprint density at radius 3 is 2.21 bits per heavy atom. The van der Waals surface area contributed by atoms with Crippen LogP contribution in [0.2, 0.25) is 0 Å². The zero-order chi connectivity index (χ0) is 38.0. The summed E-state index contributed by atoms with van der Waals surface area (Å²) in [5.74, 6) is 0.739. The molecule has 56 heavy (non-hydrogen) atoms. The van der Waals surface area contributed by atoms with E-state index in [4.69, 9.17) is 9.97 Å². The first-order valence-corrected chi connectivity index (χ1v) is 20.0. The van der Waals surface area contributed by atoms with Gasteiger partial charge in [0.2, 0.25) is 17.8 Å². The summed E-state index contributed by atoms with van der Waals surface area (Å²) in [5, 5.41) is 9.25. The maximum absolute atomic E-state index is 15.1. The summed E-state index contributed by atoms with van der Waals surface area (Å²) in [5.41, 5.74) is 5.88. The van der Waals surface area contributed by atoms with E-state index in [2.05, 4.69) is 64.5 Å². The van der Waals surface area contributed by atoms with Crippen LogP contribution in [-0.4, -0.2) is 93.1 Å². The number of rotatable bonds is 10. The van der Waals surface area contributed by atoms with Crippen molar-refractivity contribution in [1.29, 1.82) is 0 Å². The number of hydrogen-bond donors (Lipinski definition) is 3. The number of para-hydroxylation sites is 1. The van der Waals surface area contributed by atoms with E-state index in [1.807, 2.05) is 36.5 Å². The summed E-state index contributed by atoms with van der Waals surface area (Å²) in [7, 11) is 0. The Bertz CT molecular complexity index is 2170. The molecule has 3 saturated heterocycles. The van der Waals surface area contributed by atoms with Gasteiger partial charge in [-0.25, -0.2) is 19.2 Å². The molecule has 0 atom stereocenters. The number of anilines is 6. The number of halogens is 1. The normalized spacial score (nSPS) is 19.2. The van der Waals surface area contributed by atoms with Crippen LogP contribution in [0.4, 0.5) is 43.8 Å². The largest absolute Gasteiger partial charge is 0.371 e. The Labute approximate surface area is 325 Å². The van der Waals surface area contributed by atoms with Gasteiger partial charge in [0.25, 0.3) is 0 Å². The third-order valence-electron chi connectivity index (χ3n) is 11.8. The first-order valence-electron chi connectivity index (χ1n) is 20.0. The molecule has 3 amide bonds. The van der Waals surface area contributed by atoms with Gasteiger partial charge in [0.05, 0.1) is 6.20 Å². The molecule has 0 unspecified atom stereocenters. The number of amides is 3. The number of aromatic nitrogens is 4. The highest BCUT2D eigenvalue weighted by Gasteiger charge is 2.29. The number of hydrogen-bond acceptors (Lipinski definition) is 10. The first kappa shape index (κ1) is 36.1. The van der Waals surface area contributed by atoms with Gasteiger partial charge >= 0.3 is 6.03 Å². The van der Waals surface area contributed by atoms with E-state index in [0.29, 0.717) is 35.8 Å². The van der Waals surface area contributed by atoms with Gasteiger partial charge in [-0.1, -0.05) is 37.1 Å². The molecule has 14 heteroatoms. The highest BCUT2D eigenvalue weighted by molar-refractivity contribution is 6.05. The van der Waals surface area contributed by atoms with Crippen LogP contribution in [0.1, 0.15) is 56.6 Å². The molecule has 290 valence electrons. The van der Waals surface area contributed by atoms with Crippen molar-refractivity contribution in [3.05, 3.63) is 90.4 Å². The van der Waals surface area contributed by atoms with Gasteiger partial charge in [0.1, 0.15) is 11.3 Å². The van der Waals surface area contributed by atoms with Crippen molar-refractivity contribution in [2.45, 2.75) is 63.6 Å². The lowest BCUT2D eigenvalue weighted by atomic mass is 10.0. The minimum atomic E-state index is -0.503. The average molecular weight is 758 g/mol. The molecule has 1 saturated carbocycles. The molecule has 1 aliphatic carbocycles. The fourth-order valence-corrected chi connectivity index (χ4v) is 8.74. The molecule has 13 nitrogen and oxygen atoms in total. The number of carbonyl (C=O) groups is 2. The van der Waals surface area contributed by atoms with Gasteiger partial charge in [-0.05, 0) is 74.2 Å². The smallest absolute Gasteiger partial charge is 0.328 e. The Morgan fingerprint density at radius 1 is 0.750 bits per heavy atom. The summed E-state index contributed by atoms with van der Waals surface area (Å²) in [4.78, 5) is 47.0. The van der Waals surface area contributed by atoms with Crippen LogP contribution in [0, 0.1) is 5.82 Å². The number of imide groups is 1. The Morgan fingerprint density at radius 2 is 1.48 bits per heavy atom. The number of piperidine rings is 1. The van der Waals surface area contributed by atoms with Crippen molar-refractivity contribution < 1.29 is 14.0 Å². The summed E-state index contributed by atoms with van der Waals surface area (Å²) in [6.07, 6.45) is 8.90. The summed E-state index contributed by atoms with van der Waals surface area (Å²) >= 11 is 0. The molecule has 5 aromatic rings. The van der Waals surface area contributed by atoms with Crippen molar-refractivity contribution >= 4 is 57.7 Å². The molecule has 9 rings (SSSR count). The second-order valence-electron chi connectivity index (χ2n) is 15.4. The first-order chi connectivity index (χ1) is 27.4. The number of urea groups is 1. The molecular weight excluding hydrogens is 710 g/mol. The molecule has 0 spiro atoms. The summed E-state index contributed by atoms with van der Waals surface area (Å²) < 4.78 is 17.4. The van der Waals surface area contributed by atoms with Gasteiger partial charge in [-0.3, -0.25) is 29.4 Å². The molecule has 0 radical (unpaired) electrons. The van der Waals surface area contributed by atoms with Gasteiger partial charge < -0.3 is 15.5 Å². The van der Waals surface area contributed by atoms with Gasteiger partial charge in [0, 0.05) is 99.2 Å². The highest BCUT2D eigenvalue weighted by Crippen LogP contribution is 2.36. The van der Waals surface area contributed by atoms with Crippen molar-refractivity contribution in [1.82, 2.24) is 34.6 Å². The minimum Gasteiger partial charge on any atom is -0.371 e. The Hall–Kier alpha value is -5.60. The number of carbonyl (C=O) groups excluding carboxylic acids is 2. The standard InChI is InChI=1S/C42H48FN11O2/c43-36-26-35(53-21-18-38(55)48-42(53)56)13-10-29(36)28-50-22-24-52(25-23-50)33-16-19-51(20-17-33)32-14-11-31(12-15-32)45-40-44-27-37-39(49-40)54(34-8-4-5-9-34)41(47-37)46-30-6-2-1-3-7-30/h1-3,6-7,10-15,26-27,33-34H,4-5,8-9,16-25,28H2,(H,46,47)(H,44,45,49)(H,48,55,56). The lowest BCUT2D eigenvalue weighted by Gasteiger charge is -2.43. The van der Waals surface area contributed by atoms with E-state index in [-0.39, 0.29) is 24.7 Å². The monoisotopic (exact) mass is 757 g/mol. The topological polar surface area (TPSA) is 127 Å². The molecule has 2 aromatic heterocycles. The van der Waals surface area contributed by atoms with E-state index < -0.39 is 6.03 Å².